The molecule has 3 unspecified atom stereocenters. The Bertz CT molecular complexity index is 1730. The fourth-order valence-corrected chi connectivity index (χ4v) is 8.05. The molecule has 3 aromatic carbocycles. The maximum atomic E-state index is 15.3. The van der Waals surface area contributed by atoms with E-state index < -0.39 is 43.3 Å². The van der Waals surface area contributed by atoms with Crippen molar-refractivity contribution in [1.82, 2.24) is 5.32 Å². The minimum Gasteiger partial charge on any atom is -0.543 e. The lowest BCUT2D eigenvalue weighted by Crippen LogP contribution is -2.59. The fraction of sp³-hybridized carbons (Fsp3) is 0.400. The van der Waals surface area contributed by atoms with Crippen LogP contribution in [0.25, 0.3) is 0 Å². The minimum absolute atomic E-state index is 0.0187. The summed E-state index contributed by atoms with van der Waals surface area (Å²) >= 11 is 15.3. The lowest BCUT2D eigenvalue weighted by molar-refractivity contribution is -0.132. The summed E-state index contributed by atoms with van der Waals surface area (Å²) in [5.41, 5.74) is -0.150. The standard InChI is InChI=1S/C35H39Cl2IN2O5Si/c1-33(2,3)44-32(43)40-27-17-22(37)12-14-25(27)35(31(40)42)26(20-10-9-11-21(36)16-20)19-29(41)39-30(35)24-18-23(38)13-15-28(24)45-46(7,8)34(4,5)6/h9-18,26,30H,19H2,1-8H3,(H,39,41). The third-order valence-corrected chi connectivity index (χ3v) is 14.7. The average Bonchev–Trinajstić information content (AvgIpc) is 3.16. The SMILES string of the molecule is CC(C)(C)OC(=O)N1C(=O)C2(c3ccc(Cl)cc31)C(c1cccc(Cl)c1)CC(=O)NC2c1cc(I)ccc1O[Si](C)(C)C(C)(C)C. The molecule has 0 aromatic heterocycles. The second-order valence-corrected chi connectivity index (χ2v) is 21.4. The highest BCUT2D eigenvalue weighted by Crippen LogP contribution is 2.60. The van der Waals surface area contributed by atoms with Gasteiger partial charge in [0.1, 0.15) is 16.8 Å². The van der Waals surface area contributed by atoms with Crippen LogP contribution >= 0.6 is 45.8 Å². The van der Waals surface area contributed by atoms with Crippen molar-refractivity contribution in [3.63, 3.8) is 0 Å². The molecular weight excluding hydrogens is 754 g/mol. The topological polar surface area (TPSA) is 84.9 Å². The van der Waals surface area contributed by atoms with Crippen molar-refractivity contribution in [2.45, 2.75) is 89.1 Å². The van der Waals surface area contributed by atoms with Crippen LogP contribution in [0.5, 0.6) is 5.75 Å². The van der Waals surface area contributed by atoms with E-state index in [9.17, 15) is 9.59 Å². The summed E-state index contributed by atoms with van der Waals surface area (Å²) in [7, 11) is -2.39. The summed E-state index contributed by atoms with van der Waals surface area (Å²) in [6, 6.07) is 17.2. The number of ether oxygens (including phenoxy) is 1. The van der Waals surface area contributed by atoms with E-state index in [4.69, 9.17) is 32.4 Å². The number of nitrogens with one attached hydrogen (secondary N) is 1. The molecule has 0 saturated carbocycles. The van der Waals surface area contributed by atoms with E-state index in [1.54, 1.807) is 57.2 Å². The number of carbonyl (C=O) groups is 3. The molecular formula is C35H39Cl2IN2O5Si. The predicted molar refractivity (Wildman–Crippen MR) is 194 cm³/mol. The first-order valence-electron chi connectivity index (χ1n) is 15.2. The van der Waals surface area contributed by atoms with Crippen molar-refractivity contribution in [2.75, 3.05) is 4.90 Å². The van der Waals surface area contributed by atoms with Crippen LogP contribution in [0.4, 0.5) is 10.5 Å². The highest BCUT2D eigenvalue weighted by atomic mass is 127. The number of fused-ring (bicyclic) bond motifs is 2. The molecule has 3 amide bonds. The van der Waals surface area contributed by atoms with Gasteiger partial charge in [-0.3, -0.25) is 9.59 Å². The number of piperidine rings is 1. The minimum atomic E-state index is -2.39. The summed E-state index contributed by atoms with van der Waals surface area (Å²) in [4.78, 5) is 44.1. The van der Waals surface area contributed by atoms with E-state index in [1.165, 1.54) is 0 Å². The van der Waals surface area contributed by atoms with Gasteiger partial charge in [-0.15, -0.1) is 0 Å². The molecule has 1 saturated heterocycles. The smallest absolute Gasteiger partial charge is 0.421 e. The molecule has 3 atom stereocenters. The van der Waals surface area contributed by atoms with Gasteiger partial charge in [-0.1, -0.05) is 62.2 Å². The van der Waals surface area contributed by atoms with Crippen LogP contribution < -0.4 is 14.6 Å². The number of hydrogen-bond acceptors (Lipinski definition) is 5. The van der Waals surface area contributed by atoms with E-state index >= 15 is 4.79 Å². The Morgan fingerprint density at radius 1 is 0.978 bits per heavy atom. The summed E-state index contributed by atoms with van der Waals surface area (Å²) in [5, 5.41) is 3.89. The van der Waals surface area contributed by atoms with Crippen molar-refractivity contribution in [3.05, 3.63) is 91.0 Å². The van der Waals surface area contributed by atoms with Crippen LogP contribution in [-0.2, 0) is 19.7 Å². The van der Waals surface area contributed by atoms with Gasteiger partial charge in [-0.25, -0.2) is 9.69 Å². The lowest BCUT2D eigenvalue weighted by Gasteiger charge is -2.47. The molecule has 0 bridgehead atoms. The number of halogens is 3. The normalized spacial score (nSPS) is 21.7. The Labute approximate surface area is 295 Å². The Morgan fingerprint density at radius 2 is 1.65 bits per heavy atom. The van der Waals surface area contributed by atoms with Crippen LogP contribution in [0, 0.1) is 3.57 Å². The second-order valence-electron chi connectivity index (χ2n) is 14.5. The Hall–Kier alpha value is -2.60. The maximum Gasteiger partial charge on any atom is 0.421 e. The van der Waals surface area contributed by atoms with Gasteiger partial charge < -0.3 is 14.5 Å². The van der Waals surface area contributed by atoms with Crippen molar-refractivity contribution >= 4 is 77.7 Å². The molecule has 11 heteroatoms. The molecule has 2 heterocycles. The number of nitrogens with zero attached hydrogens (tertiary/aromatic N) is 1. The molecule has 46 heavy (non-hydrogen) atoms. The Balaban J connectivity index is 1.85. The number of anilines is 1. The van der Waals surface area contributed by atoms with E-state index in [2.05, 4.69) is 61.8 Å². The molecule has 1 spiro atoms. The maximum absolute atomic E-state index is 15.3. The van der Waals surface area contributed by atoms with Gasteiger partial charge in [0, 0.05) is 31.5 Å². The van der Waals surface area contributed by atoms with Gasteiger partial charge in [-0.2, -0.15) is 0 Å². The first kappa shape index (κ1) is 34.7. The van der Waals surface area contributed by atoms with Gasteiger partial charge in [0.15, 0.2) is 0 Å². The number of carbonyl (C=O) groups excluding carboxylic acids is 3. The number of rotatable bonds is 4. The molecule has 7 nitrogen and oxygen atoms in total. The molecule has 2 aliphatic rings. The number of imide groups is 1. The van der Waals surface area contributed by atoms with Crippen molar-refractivity contribution in [3.8, 4) is 5.75 Å². The van der Waals surface area contributed by atoms with Gasteiger partial charge in [0.05, 0.1) is 11.7 Å². The van der Waals surface area contributed by atoms with Crippen LogP contribution in [-0.4, -0.2) is 31.8 Å². The van der Waals surface area contributed by atoms with Crippen LogP contribution in [0.3, 0.4) is 0 Å². The van der Waals surface area contributed by atoms with Gasteiger partial charge in [-0.05, 0) is 115 Å². The summed E-state index contributed by atoms with van der Waals surface area (Å²) in [6.07, 6.45) is -0.839. The highest BCUT2D eigenvalue weighted by Gasteiger charge is 2.65. The molecule has 1 N–H and O–H groups in total. The number of hydrogen-bond donors (Lipinski definition) is 1. The third kappa shape index (κ3) is 6.20. The van der Waals surface area contributed by atoms with E-state index in [-0.39, 0.29) is 17.4 Å². The van der Waals surface area contributed by atoms with Crippen molar-refractivity contribution in [1.29, 1.82) is 0 Å². The zero-order valence-corrected chi connectivity index (χ0v) is 31.9. The molecule has 0 aliphatic carbocycles. The van der Waals surface area contributed by atoms with Gasteiger partial charge in [0.2, 0.25) is 20.1 Å². The molecule has 1 fully saturated rings. The predicted octanol–water partition coefficient (Wildman–Crippen LogP) is 9.55. The first-order chi connectivity index (χ1) is 21.3. The highest BCUT2D eigenvalue weighted by molar-refractivity contribution is 14.1. The number of amides is 3. The van der Waals surface area contributed by atoms with Crippen LogP contribution in [0.1, 0.15) is 76.6 Å². The number of benzene rings is 3. The molecule has 244 valence electrons. The zero-order valence-electron chi connectivity index (χ0n) is 27.3. The van der Waals surface area contributed by atoms with Crippen LogP contribution in [0.15, 0.2) is 60.7 Å². The molecule has 2 aliphatic heterocycles. The molecule has 0 radical (unpaired) electrons. The summed E-state index contributed by atoms with van der Waals surface area (Å²) in [6.45, 7) is 16.0. The first-order valence-corrected chi connectivity index (χ1v) is 19.9. The average molecular weight is 794 g/mol. The van der Waals surface area contributed by atoms with E-state index in [0.717, 1.165) is 8.47 Å². The zero-order chi connectivity index (χ0) is 34.0. The summed E-state index contributed by atoms with van der Waals surface area (Å²) < 4.78 is 13.6. The van der Waals surface area contributed by atoms with Crippen LogP contribution in [0.2, 0.25) is 28.2 Å². The van der Waals surface area contributed by atoms with Crippen molar-refractivity contribution in [2.24, 2.45) is 0 Å². The summed E-state index contributed by atoms with van der Waals surface area (Å²) in [5.74, 6) is -0.881. The monoisotopic (exact) mass is 792 g/mol. The molecule has 3 aromatic rings. The molecule has 5 rings (SSSR count). The lowest BCUT2D eigenvalue weighted by atomic mass is 9.59. The largest absolute Gasteiger partial charge is 0.543 e. The Morgan fingerprint density at radius 3 is 2.28 bits per heavy atom. The fourth-order valence-electron chi connectivity index (χ4n) is 6.13. The Kier molecular flexibility index (Phi) is 9.16. The third-order valence-electron chi connectivity index (χ3n) is 9.18. The van der Waals surface area contributed by atoms with Gasteiger partial charge in [0.25, 0.3) is 0 Å². The van der Waals surface area contributed by atoms with E-state index in [1.807, 2.05) is 24.3 Å². The quantitative estimate of drug-likeness (QED) is 0.210. The van der Waals surface area contributed by atoms with E-state index in [0.29, 0.717) is 38.2 Å². The second kappa shape index (κ2) is 12.1. The van der Waals surface area contributed by atoms with Crippen molar-refractivity contribution < 1.29 is 23.5 Å². The van der Waals surface area contributed by atoms with Gasteiger partial charge >= 0.3 is 6.09 Å².